The number of urea groups is 1. The van der Waals surface area contributed by atoms with Crippen molar-refractivity contribution in [2.75, 3.05) is 6.61 Å². The van der Waals surface area contributed by atoms with Crippen molar-refractivity contribution in [2.24, 2.45) is 0 Å². The number of rotatable bonds is 2. The van der Waals surface area contributed by atoms with Crippen molar-refractivity contribution in [2.45, 2.75) is 18.5 Å². The molecule has 0 aliphatic carbocycles. The van der Waals surface area contributed by atoms with E-state index < -0.39 is 17.4 Å². The normalized spacial score (nSPS) is 22.3. The van der Waals surface area contributed by atoms with Crippen LogP contribution in [0.5, 0.6) is 5.75 Å². The molecule has 0 bridgehead atoms. The Morgan fingerprint density at radius 2 is 2.00 bits per heavy atom. The maximum absolute atomic E-state index is 13.4. The number of nitrogens with zero attached hydrogens (tertiary/aromatic N) is 1. The van der Waals surface area contributed by atoms with Gasteiger partial charge in [-0.3, -0.25) is 9.69 Å². The predicted molar refractivity (Wildman–Crippen MR) is 83.7 cm³/mol. The molecule has 3 amide bonds. The van der Waals surface area contributed by atoms with E-state index in [1.807, 2.05) is 12.1 Å². The highest BCUT2D eigenvalue weighted by Crippen LogP contribution is 2.41. The highest BCUT2D eigenvalue weighted by Gasteiger charge is 2.54. The second-order valence-electron chi connectivity index (χ2n) is 5.95. The van der Waals surface area contributed by atoms with Crippen LogP contribution in [-0.4, -0.2) is 23.4 Å². The van der Waals surface area contributed by atoms with Crippen LogP contribution in [0.3, 0.4) is 0 Å². The highest BCUT2D eigenvalue weighted by molar-refractivity contribution is 6.07. The number of nitrogens with one attached hydrogen (secondary N) is 1. The van der Waals surface area contributed by atoms with Crippen LogP contribution in [0.25, 0.3) is 0 Å². The number of amides is 3. The largest absolute Gasteiger partial charge is 0.493 e. The first-order valence-corrected chi connectivity index (χ1v) is 7.71. The Morgan fingerprint density at radius 3 is 2.83 bits per heavy atom. The van der Waals surface area contributed by atoms with Gasteiger partial charge in [0.25, 0.3) is 5.91 Å². The van der Waals surface area contributed by atoms with Gasteiger partial charge < -0.3 is 10.1 Å². The van der Waals surface area contributed by atoms with Crippen molar-refractivity contribution in [3.63, 3.8) is 0 Å². The third kappa shape index (κ3) is 2.14. The quantitative estimate of drug-likeness (QED) is 0.863. The van der Waals surface area contributed by atoms with Gasteiger partial charge in [-0.1, -0.05) is 30.3 Å². The molecule has 1 spiro atoms. The summed E-state index contributed by atoms with van der Waals surface area (Å²) in [6, 6.07) is 12.6. The standard InChI is InChI=1S/C18H15FN2O3/c19-13-5-3-4-12(10-13)11-21-16(22)18(20-17(21)23)8-9-24-15-7-2-1-6-14(15)18/h1-7,10H,8-9,11H2,(H,20,23). The molecule has 1 unspecified atom stereocenters. The Bertz CT molecular complexity index is 839. The Kier molecular flexibility index (Phi) is 3.26. The van der Waals surface area contributed by atoms with E-state index in [1.165, 1.54) is 12.1 Å². The molecule has 2 heterocycles. The van der Waals surface area contributed by atoms with Crippen LogP contribution in [0.15, 0.2) is 48.5 Å². The lowest BCUT2D eigenvalue weighted by Crippen LogP contribution is -2.47. The van der Waals surface area contributed by atoms with Crippen LogP contribution in [0.4, 0.5) is 9.18 Å². The molecule has 6 heteroatoms. The minimum atomic E-state index is -1.10. The van der Waals surface area contributed by atoms with E-state index in [4.69, 9.17) is 4.74 Å². The topological polar surface area (TPSA) is 58.6 Å². The number of halogens is 1. The highest BCUT2D eigenvalue weighted by atomic mass is 19.1. The molecule has 2 aromatic rings. The van der Waals surface area contributed by atoms with E-state index in [0.717, 1.165) is 4.90 Å². The monoisotopic (exact) mass is 326 g/mol. The molecule has 2 aliphatic heterocycles. The maximum atomic E-state index is 13.4. The second kappa shape index (κ2) is 5.33. The molecule has 0 saturated carbocycles. The Labute approximate surface area is 138 Å². The molecular formula is C18H15FN2O3. The fourth-order valence-corrected chi connectivity index (χ4v) is 3.33. The summed E-state index contributed by atoms with van der Waals surface area (Å²) in [5.74, 6) is -0.122. The molecular weight excluding hydrogens is 311 g/mol. The van der Waals surface area contributed by atoms with Crippen LogP contribution < -0.4 is 10.1 Å². The fraction of sp³-hybridized carbons (Fsp3) is 0.222. The number of para-hydroxylation sites is 1. The van der Waals surface area contributed by atoms with E-state index in [1.54, 1.807) is 24.3 Å². The fourth-order valence-electron chi connectivity index (χ4n) is 3.33. The smallest absolute Gasteiger partial charge is 0.325 e. The maximum Gasteiger partial charge on any atom is 0.325 e. The lowest BCUT2D eigenvalue weighted by molar-refractivity contribution is -0.133. The van der Waals surface area contributed by atoms with Crippen molar-refractivity contribution in [3.05, 3.63) is 65.5 Å². The summed E-state index contributed by atoms with van der Waals surface area (Å²) in [4.78, 5) is 26.6. The molecule has 24 heavy (non-hydrogen) atoms. The van der Waals surface area contributed by atoms with Crippen LogP contribution in [0, 0.1) is 5.82 Å². The lowest BCUT2D eigenvalue weighted by Gasteiger charge is -2.33. The van der Waals surface area contributed by atoms with Gasteiger partial charge in [0.2, 0.25) is 0 Å². The van der Waals surface area contributed by atoms with E-state index in [2.05, 4.69) is 5.32 Å². The van der Waals surface area contributed by atoms with Gasteiger partial charge in [-0.25, -0.2) is 9.18 Å². The Hall–Kier alpha value is -2.89. The molecule has 2 aliphatic rings. The van der Waals surface area contributed by atoms with Crippen LogP contribution in [-0.2, 0) is 16.9 Å². The SMILES string of the molecule is O=C1NC2(CCOc3ccccc32)C(=O)N1Cc1cccc(F)c1. The summed E-state index contributed by atoms with van der Waals surface area (Å²) in [6.45, 7) is 0.379. The molecule has 0 aromatic heterocycles. The van der Waals surface area contributed by atoms with Gasteiger partial charge in [0.15, 0.2) is 5.54 Å². The number of carbonyl (C=O) groups is 2. The van der Waals surface area contributed by atoms with Crippen molar-refractivity contribution in [1.82, 2.24) is 10.2 Å². The lowest BCUT2D eigenvalue weighted by atomic mass is 9.84. The number of hydrogen-bond acceptors (Lipinski definition) is 3. The van der Waals surface area contributed by atoms with Gasteiger partial charge in [0.1, 0.15) is 11.6 Å². The summed E-state index contributed by atoms with van der Waals surface area (Å²) in [6.07, 6.45) is 0.369. The van der Waals surface area contributed by atoms with E-state index in [-0.39, 0.29) is 12.5 Å². The zero-order chi connectivity index (χ0) is 16.7. The number of hydrogen-bond donors (Lipinski definition) is 1. The zero-order valence-electron chi connectivity index (χ0n) is 12.8. The van der Waals surface area contributed by atoms with E-state index >= 15 is 0 Å². The minimum Gasteiger partial charge on any atom is -0.493 e. The third-order valence-corrected chi connectivity index (χ3v) is 4.49. The summed E-state index contributed by atoms with van der Waals surface area (Å²) in [7, 11) is 0. The molecule has 1 fully saturated rings. The molecule has 2 aromatic carbocycles. The summed E-state index contributed by atoms with van der Waals surface area (Å²) >= 11 is 0. The van der Waals surface area contributed by atoms with E-state index in [9.17, 15) is 14.0 Å². The number of fused-ring (bicyclic) bond motifs is 2. The summed E-state index contributed by atoms with van der Waals surface area (Å²) in [5, 5.41) is 2.82. The van der Waals surface area contributed by atoms with E-state index in [0.29, 0.717) is 29.9 Å². The number of ether oxygens (including phenoxy) is 1. The molecule has 0 radical (unpaired) electrons. The van der Waals surface area contributed by atoms with Crippen LogP contribution in [0.2, 0.25) is 0 Å². The van der Waals surface area contributed by atoms with Crippen molar-refractivity contribution in [3.8, 4) is 5.75 Å². The van der Waals surface area contributed by atoms with Crippen molar-refractivity contribution < 1.29 is 18.7 Å². The van der Waals surface area contributed by atoms with Gasteiger partial charge in [-0.15, -0.1) is 0 Å². The molecule has 5 nitrogen and oxygen atoms in total. The molecule has 1 saturated heterocycles. The van der Waals surface area contributed by atoms with Crippen molar-refractivity contribution in [1.29, 1.82) is 0 Å². The zero-order valence-corrected chi connectivity index (χ0v) is 12.8. The first-order valence-electron chi connectivity index (χ1n) is 7.71. The predicted octanol–water partition coefficient (Wildman–Crippen LogP) is 2.56. The molecule has 1 N–H and O–H groups in total. The average Bonchev–Trinajstić information content (AvgIpc) is 2.80. The average molecular weight is 326 g/mol. The Morgan fingerprint density at radius 1 is 1.17 bits per heavy atom. The van der Waals surface area contributed by atoms with Gasteiger partial charge in [-0.05, 0) is 23.8 Å². The van der Waals surface area contributed by atoms with Gasteiger partial charge >= 0.3 is 6.03 Å². The van der Waals surface area contributed by atoms with Crippen LogP contribution in [0.1, 0.15) is 17.5 Å². The van der Waals surface area contributed by atoms with Crippen molar-refractivity contribution >= 4 is 11.9 Å². The number of imide groups is 1. The number of benzene rings is 2. The van der Waals surface area contributed by atoms with Gasteiger partial charge in [-0.2, -0.15) is 0 Å². The second-order valence-corrected chi connectivity index (χ2v) is 5.95. The first kappa shape index (κ1) is 14.7. The minimum absolute atomic E-state index is 0.0349. The molecule has 4 rings (SSSR count). The third-order valence-electron chi connectivity index (χ3n) is 4.49. The van der Waals surface area contributed by atoms with Crippen LogP contribution >= 0.6 is 0 Å². The van der Waals surface area contributed by atoms with Gasteiger partial charge in [0, 0.05) is 12.0 Å². The number of carbonyl (C=O) groups excluding carboxylic acids is 2. The van der Waals surface area contributed by atoms with Gasteiger partial charge in [0.05, 0.1) is 13.2 Å². The summed E-state index contributed by atoms with van der Waals surface area (Å²) < 4.78 is 19.0. The summed E-state index contributed by atoms with van der Waals surface area (Å²) in [5.41, 5.74) is 0.131. The molecule has 122 valence electrons. The Balaban J connectivity index is 1.70. The first-order chi connectivity index (χ1) is 11.6. The molecule has 1 atom stereocenters.